The highest BCUT2D eigenvalue weighted by Gasteiger charge is 1.91. The zero-order valence-electron chi connectivity index (χ0n) is 7.65. The van der Waals surface area contributed by atoms with Gasteiger partial charge in [-0.1, -0.05) is 13.8 Å². The van der Waals surface area contributed by atoms with Gasteiger partial charge in [-0.25, -0.2) is 9.97 Å². The normalized spacial score (nSPS) is 9.25. The molecule has 0 aliphatic rings. The number of aromatic nitrogens is 3. The number of aryl methyl sites for hydroxylation is 1. The molecule has 0 aromatic carbocycles. The van der Waals surface area contributed by atoms with Crippen LogP contribution in [0.5, 0.6) is 0 Å². The molecule has 3 heteroatoms. The summed E-state index contributed by atoms with van der Waals surface area (Å²) in [4.78, 5) is 8.22. The third kappa shape index (κ3) is 1.61. The van der Waals surface area contributed by atoms with Gasteiger partial charge in [-0.05, 0) is 13.0 Å². The number of imidazole rings is 1. The zero-order chi connectivity index (χ0) is 8.97. The van der Waals surface area contributed by atoms with Gasteiger partial charge >= 0.3 is 0 Å². The smallest absolute Gasteiger partial charge is 0.233 e. The van der Waals surface area contributed by atoms with Gasteiger partial charge in [0.15, 0.2) is 0 Å². The van der Waals surface area contributed by atoms with Crippen molar-refractivity contribution in [2.24, 2.45) is 0 Å². The molecule has 2 heterocycles. The lowest BCUT2D eigenvalue weighted by molar-refractivity contribution is 1.07. The molecule has 0 N–H and O–H groups in total. The average Bonchev–Trinajstić information content (AvgIpc) is 2.54. The van der Waals surface area contributed by atoms with E-state index >= 15 is 0 Å². The molecule has 0 saturated heterocycles. The topological polar surface area (TPSA) is 30.2 Å². The summed E-state index contributed by atoms with van der Waals surface area (Å²) in [5.74, 6) is 0.764. The van der Waals surface area contributed by atoms with Crippen LogP contribution in [0.15, 0.2) is 24.7 Å². The molecule has 0 saturated carbocycles. The standard InChI is InChI=1S/C7H7N3.C2H6/c1-6-2-4-10-5-3-8-7(10)9-6;1-2/h2-5H,1H3;1-2H3. The van der Waals surface area contributed by atoms with Gasteiger partial charge in [-0.2, -0.15) is 0 Å². The quantitative estimate of drug-likeness (QED) is 0.595. The number of nitrogens with zero attached hydrogens (tertiary/aromatic N) is 3. The van der Waals surface area contributed by atoms with Crippen molar-refractivity contribution in [2.45, 2.75) is 20.8 Å². The van der Waals surface area contributed by atoms with Crippen LogP contribution in [0.2, 0.25) is 0 Å². The van der Waals surface area contributed by atoms with Crippen LogP contribution >= 0.6 is 0 Å². The molecule has 64 valence electrons. The lowest BCUT2D eigenvalue weighted by atomic mass is 10.5. The molecule has 0 radical (unpaired) electrons. The molecule has 2 aromatic heterocycles. The Kier molecular flexibility index (Phi) is 2.80. The summed E-state index contributed by atoms with van der Waals surface area (Å²) in [5.41, 5.74) is 0.999. The maximum atomic E-state index is 4.19. The van der Waals surface area contributed by atoms with Gasteiger partial charge in [0.25, 0.3) is 0 Å². The molecule has 0 aliphatic carbocycles. The van der Waals surface area contributed by atoms with Gasteiger partial charge in [0.1, 0.15) is 0 Å². The van der Waals surface area contributed by atoms with E-state index in [0.717, 1.165) is 11.5 Å². The van der Waals surface area contributed by atoms with E-state index in [4.69, 9.17) is 0 Å². The fourth-order valence-electron chi connectivity index (χ4n) is 0.891. The average molecular weight is 163 g/mol. The van der Waals surface area contributed by atoms with Gasteiger partial charge < -0.3 is 0 Å². The highest BCUT2D eigenvalue weighted by atomic mass is 15.1. The van der Waals surface area contributed by atoms with Crippen molar-refractivity contribution in [1.29, 1.82) is 0 Å². The van der Waals surface area contributed by atoms with E-state index in [1.807, 2.05) is 43.6 Å². The summed E-state index contributed by atoms with van der Waals surface area (Å²) in [6.07, 6.45) is 5.56. The third-order valence-corrected chi connectivity index (χ3v) is 1.40. The van der Waals surface area contributed by atoms with E-state index < -0.39 is 0 Å². The number of hydrogen-bond acceptors (Lipinski definition) is 2. The van der Waals surface area contributed by atoms with Crippen molar-refractivity contribution in [2.75, 3.05) is 0 Å². The monoisotopic (exact) mass is 163 g/mol. The lowest BCUT2D eigenvalue weighted by Gasteiger charge is -1.91. The van der Waals surface area contributed by atoms with E-state index in [1.165, 1.54) is 0 Å². The fraction of sp³-hybridized carbons (Fsp3) is 0.333. The minimum Gasteiger partial charge on any atom is -0.291 e. The Morgan fingerprint density at radius 1 is 1.25 bits per heavy atom. The van der Waals surface area contributed by atoms with Crippen molar-refractivity contribution in [1.82, 2.24) is 14.4 Å². The van der Waals surface area contributed by atoms with Crippen molar-refractivity contribution in [3.8, 4) is 0 Å². The number of hydrogen-bond donors (Lipinski definition) is 0. The summed E-state index contributed by atoms with van der Waals surface area (Å²) >= 11 is 0. The van der Waals surface area contributed by atoms with Crippen LogP contribution in [-0.2, 0) is 0 Å². The van der Waals surface area contributed by atoms with E-state index in [2.05, 4.69) is 9.97 Å². The molecule has 12 heavy (non-hydrogen) atoms. The minimum absolute atomic E-state index is 0.764. The summed E-state index contributed by atoms with van der Waals surface area (Å²) in [5, 5.41) is 0. The first-order valence-corrected chi connectivity index (χ1v) is 4.12. The Morgan fingerprint density at radius 2 is 2.00 bits per heavy atom. The fourth-order valence-corrected chi connectivity index (χ4v) is 0.891. The Morgan fingerprint density at radius 3 is 2.75 bits per heavy atom. The second-order valence-corrected chi connectivity index (χ2v) is 2.20. The number of fused-ring (bicyclic) bond motifs is 1. The third-order valence-electron chi connectivity index (χ3n) is 1.40. The molecular formula is C9H13N3. The van der Waals surface area contributed by atoms with Gasteiger partial charge in [0.2, 0.25) is 5.78 Å². The Bertz CT molecular complexity index is 351. The predicted molar refractivity (Wildman–Crippen MR) is 49.1 cm³/mol. The van der Waals surface area contributed by atoms with Crippen molar-refractivity contribution < 1.29 is 0 Å². The first kappa shape index (κ1) is 8.71. The summed E-state index contributed by atoms with van der Waals surface area (Å²) in [6.45, 7) is 5.95. The first-order valence-electron chi connectivity index (χ1n) is 4.12. The molecule has 2 rings (SSSR count). The molecular weight excluding hydrogens is 150 g/mol. The van der Waals surface area contributed by atoms with E-state index in [9.17, 15) is 0 Å². The molecule has 0 aliphatic heterocycles. The SMILES string of the molecule is CC.Cc1ccn2ccnc2n1. The van der Waals surface area contributed by atoms with Crippen LogP contribution in [-0.4, -0.2) is 14.4 Å². The Labute approximate surface area is 72.1 Å². The van der Waals surface area contributed by atoms with Crippen LogP contribution < -0.4 is 0 Å². The molecule has 0 amide bonds. The molecule has 0 fully saturated rings. The maximum Gasteiger partial charge on any atom is 0.233 e. The second kappa shape index (κ2) is 3.85. The van der Waals surface area contributed by atoms with Crippen molar-refractivity contribution in [3.05, 3.63) is 30.4 Å². The zero-order valence-corrected chi connectivity index (χ0v) is 7.65. The predicted octanol–water partition coefficient (Wildman–Crippen LogP) is 2.06. The molecule has 0 unspecified atom stereocenters. The van der Waals surface area contributed by atoms with Gasteiger partial charge in [0, 0.05) is 24.3 Å². The van der Waals surface area contributed by atoms with Crippen LogP contribution in [0.4, 0.5) is 0 Å². The minimum atomic E-state index is 0.764. The van der Waals surface area contributed by atoms with E-state index in [-0.39, 0.29) is 0 Å². The summed E-state index contributed by atoms with van der Waals surface area (Å²) in [6, 6.07) is 1.95. The second-order valence-electron chi connectivity index (χ2n) is 2.20. The van der Waals surface area contributed by atoms with E-state index in [0.29, 0.717) is 0 Å². The number of rotatable bonds is 0. The molecule has 0 atom stereocenters. The molecule has 2 aromatic rings. The van der Waals surface area contributed by atoms with Crippen LogP contribution in [0.3, 0.4) is 0 Å². The van der Waals surface area contributed by atoms with Crippen molar-refractivity contribution in [3.63, 3.8) is 0 Å². The molecule has 0 bridgehead atoms. The molecule has 3 nitrogen and oxygen atoms in total. The maximum absolute atomic E-state index is 4.19. The van der Waals surface area contributed by atoms with Crippen LogP contribution in [0, 0.1) is 6.92 Å². The Balaban J connectivity index is 0.000000336. The summed E-state index contributed by atoms with van der Waals surface area (Å²) in [7, 11) is 0. The molecule has 0 spiro atoms. The van der Waals surface area contributed by atoms with Gasteiger partial charge in [0.05, 0.1) is 0 Å². The lowest BCUT2D eigenvalue weighted by Crippen LogP contribution is -1.88. The summed E-state index contributed by atoms with van der Waals surface area (Å²) < 4.78 is 1.88. The van der Waals surface area contributed by atoms with E-state index in [1.54, 1.807) is 6.20 Å². The van der Waals surface area contributed by atoms with Crippen LogP contribution in [0.1, 0.15) is 19.5 Å². The highest BCUT2D eigenvalue weighted by Crippen LogP contribution is 1.97. The largest absolute Gasteiger partial charge is 0.291 e. The Hall–Kier alpha value is -1.38. The van der Waals surface area contributed by atoms with Gasteiger partial charge in [-0.15, -0.1) is 0 Å². The first-order chi connectivity index (χ1) is 5.86. The van der Waals surface area contributed by atoms with Crippen LogP contribution in [0.25, 0.3) is 5.78 Å². The highest BCUT2D eigenvalue weighted by molar-refractivity contribution is 5.28. The van der Waals surface area contributed by atoms with Crippen molar-refractivity contribution >= 4 is 5.78 Å². The van der Waals surface area contributed by atoms with Gasteiger partial charge in [-0.3, -0.25) is 4.40 Å².